The van der Waals surface area contributed by atoms with Crippen LogP contribution in [0.5, 0.6) is 17.2 Å². The average molecular weight is 437 g/mol. The van der Waals surface area contributed by atoms with Crippen LogP contribution in [0.2, 0.25) is 0 Å². The molecule has 0 amide bonds. The number of unbranched alkanes of at least 4 members (excludes halogenated alkanes) is 4. The molecule has 7 nitrogen and oxygen atoms in total. The van der Waals surface area contributed by atoms with Crippen LogP contribution in [0, 0.1) is 10.8 Å². The molecule has 174 valence electrons. The van der Waals surface area contributed by atoms with Crippen LogP contribution in [0.25, 0.3) is 0 Å². The summed E-state index contributed by atoms with van der Waals surface area (Å²) in [5, 5.41) is 49.2. The maximum absolute atomic E-state index is 11.2. The molecule has 2 rings (SSSR count). The predicted octanol–water partition coefficient (Wildman–Crippen LogP) is 4.98. The van der Waals surface area contributed by atoms with E-state index in [4.69, 9.17) is 5.11 Å². The third-order valence-corrected chi connectivity index (χ3v) is 6.65. The van der Waals surface area contributed by atoms with E-state index in [2.05, 4.69) is 0 Å². The highest BCUT2D eigenvalue weighted by Crippen LogP contribution is 2.50. The number of phenols is 3. The minimum atomic E-state index is -0.801. The molecule has 0 radical (unpaired) electrons. The van der Waals surface area contributed by atoms with E-state index in [-0.39, 0.29) is 17.2 Å². The molecular formula is C24H36O7. The summed E-state index contributed by atoms with van der Waals surface area (Å²) in [6.45, 7) is 3.43. The fourth-order valence-corrected chi connectivity index (χ4v) is 4.02. The van der Waals surface area contributed by atoms with Gasteiger partial charge in [0, 0.05) is 5.56 Å². The van der Waals surface area contributed by atoms with Crippen molar-refractivity contribution in [1.82, 2.24) is 0 Å². The van der Waals surface area contributed by atoms with Crippen LogP contribution >= 0.6 is 0 Å². The average Bonchev–Trinajstić information content (AvgIpc) is 3.49. The molecule has 0 atom stereocenters. The van der Waals surface area contributed by atoms with Gasteiger partial charge in [0.2, 0.25) is 0 Å². The lowest BCUT2D eigenvalue weighted by Crippen LogP contribution is -2.23. The summed E-state index contributed by atoms with van der Waals surface area (Å²) in [6, 6.07) is 1.38. The van der Waals surface area contributed by atoms with Gasteiger partial charge in [0.05, 0.1) is 10.8 Å². The number of carboxylic acids is 2. The van der Waals surface area contributed by atoms with Crippen molar-refractivity contribution in [3.63, 3.8) is 0 Å². The van der Waals surface area contributed by atoms with E-state index in [1.807, 2.05) is 0 Å². The Morgan fingerprint density at radius 3 is 2.10 bits per heavy atom. The van der Waals surface area contributed by atoms with Crippen LogP contribution in [-0.2, 0) is 22.4 Å². The Labute approximate surface area is 183 Å². The Hall–Kier alpha value is -2.44. The van der Waals surface area contributed by atoms with Crippen LogP contribution in [0.4, 0.5) is 0 Å². The third kappa shape index (κ3) is 6.52. The van der Waals surface area contributed by atoms with Crippen molar-refractivity contribution in [1.29, 1.82) is 0 Å². The Kier molecular flexibility index (Phi) is 8.21. The first-order valence-electron chi connectivity index (χ1n) is 11.2. The fourth-order valence-electron chi connectivity index (χ4n) is 4.02. The SMILES string of the molecule is CC(C)(CCCCCCc1c(O)c(O)cc(CCCCC2(C(=O)O)CC2)c1O)C(=O)O. The Balaban J connectivity index is 1.83. The zero-order valence-corrected chi connectivity index (χ0v) is 18.6. The maximum atomic E-state index is 11.2. The van der Waals surface area contributed by atoms with Gasteiger partial charge in [0.25, 0.3) is 0 Å². The van der Waals surface area contributed by atoms with Gasteiger partial charge in [-0.3, -0.25) is 9.59 Å². The maximum Gasteiger partial charge on any atom is 0.309 e. The summed E-state index contributed by atoms with van der Waals surface area (Å²) < 4.78 is 0. The number of benzene rings is 1. The molecule has 1 fully saturated rings. The molecule has 0 aromatic heterocycles. The van der Waals surface area contributed by atoms with Crippen LogP contribution in [0.15, 0.2) is 6.07 Å². The van der Waals surface area contributed by atoms with Crippen molar-refractivity contribution in [2.24, 2.45) is 10.8 Å². The number of aromatic hydroxyl groups is 3. The van der Waals surface area contributed by atoms with E-state index >= 15 is 0 Å². The second-order valence-electron chi connectivity index (χ2n) is 9.63. The van der Waals surface area contributed by atoms with Crippen LogP contribution < -0.4 is 0 Å². The van der Waals surface area contributed by atoms with E-state index in [1.54, 1.807) is 13.8 Å². The molecule has 0 saturated heterocycles. The van der Waals surface area contributed by atoms with Gasteiger partial charge < -0.3 is 25.5 Å². The molecule has 0 bridgehead atoms. The molecule has 7 heteroatoms. The first-order valence-corrected chi connectivity index (χ1v) is 11.2. The predicted molar refractivity (Wildman–Crippen MR) is 117 cm³/mol. The normalized spacial score (nSPS) is 15.0. The fraction of sp³-hybridized carbons (Fsp3) is 0.667. The number of carbonyl (C=O) groups is 2. The zero-order valence-electron chi connectivity index (χ0n) is 18.6. The summed E-state index contributed by atoms with van der Waals surface area (Å²) in [5.41, 5.74) is -0.386. The lowest BCUT2D eigenvalue weighted by atomic mass is 9.87. The van der Waals surface area contributed by atoms with Crippen LogP contribution in [0.1, 0.15) is 89.2 Å². The lowest BCUT2D eigenvalue weighted by Gasteiger charge is -2.18. The van der Waals surface area contributed by atoms with E-state index in [1.165, 1.54) is 6.07 Å². The molecule has 5 N–H and O–H groups in total. The van der Waals surface area contributed by atoms with Crippen molar-refractivity contribution >= 4 is 11.9 Å². The van der Waals surface area contributed by atoms with Gasteiger partial charge in [-0.1, -0.05) is 25.7 Å². The highest BCUT2D eigenvalue weighted by Gasteiger charge is 2.49. The molecule has 1 aromatic rings. The molecule has 0 unspecified atom stereocenters. The molecule has 1 saturated carbocycles. The standard InChI is InChI=1S/C24H36O7/c1-23(2,21(28)29)11-7-4-3-5-10-17-19(26)16(15-18(25)20(17)27)9-6-8-12-24(13-14-24)22(30)31/h15,25-27H,3-14H2,1-2H3,(H,28,29)(H,30,31). The van der Waals surface area contributed by atoms with Gasteiger partial charge in [-0.15, -0.1) is 0 Å². The van der Waals surface area contributed by atoms with E-state index < -0.39 is 22.8 Å². The summed E-state index contributed by atoms with van der Waals surface area (Å²) in [5.74, 6) is -2.08. The van der Waals surface area contributed by atoms with Crippen LogP contribution in [-0.4, -0.2) is 37.5 Å². The molecule has 1 aliphatic rings. The van der Waals surface area contributed by atoms with Crippen molar-refractivity contribution in [3.8, 4) is 17.2 Å². The summed E-state index contributed by atoms with van der Waals surface area (Å²) >= 11 is 0. The molecular weight excluding hydrogens is 400 g/mol. The first-order chi connectivity index (χ1) is 14.5. The second-order valence-corrected chi connectivity index (χ2v) is 9.63. The second kappa shape index (κ2) is 10.2. The number of hydrogen-bond donors (Lipinski definition) is 5. The number of carboxylic acid groups (broad SMARTS) is 2. The van der Waals surface area contributed by atoms with Crippen molar-refractivity contribution in [3.05, 3.63) is 17.2 Å². The minimum Gasteiger partial charge on any atom is -0.507 e. The zero-order chi connectivity index (χ0) is 23.2. The van der Waals surface area contributed by atoms with E-state index in [9.17, 15) is 30.0 Å². The Morgan fingerprint density at radius 2 is 1.52 bits per heavy atom. The number of aliphatic carboxylic acids is 2. The molecule has 0 spiro atoms. The van der Waals surface area contributed by atoms with Crippen LogP contribution in [0.3, 0.4) is 0 Å². The minimum absolute atomic E-state index is 0.00156. The smallest absolute Gasteiger partial charge is 0.309 e. The molecule has 0 heterocycles. The quantitative estimate of drug-likeness (QED) is 0.158. The summed E-state index contributed by atoms with van der Waals surface area (Å²) in [4.78, 5) is 22.4. The number of rotatable bonds is 14. The van der Waals surface area contributed by atoms with Crippen molar-refractivity contribution in [2.45, 2.75) is 90.9 Å². The summed E-state index contributed by atoms with van der Waals surface area (Å²) in [6.07, 6.45) is 8.22. The van der Waals surface area contributed by atoms with Crippen molar-refractivity contribution in [2.75, 3.05) is 0 Å². The number of aryl methyl sites for hydroxylation is 1. The summed E-state index contributed by atoms with van der Waals surface area (Å²) in [7, 11) is 0. The van der Waals surface area contributed by atoms with Crippen molar-refractivity contribution < 1.29 is 35.1 Å². The van der Waals surface area contributed by atoms with E-state index in [0.717, 1.165) is 38.5 Å². The topological polar surface area (TPSA) is 135 Å². The molecule has 31 heavy (non-hydrogen) atoms. The highest BCUT2D eigenvalue weighted by molar-refractivity contribution is 5.77. The van der Waals surface area contributed by atoms with Gasteiger partial charge in [0.15, 0.2) is 11.5 Å². The lowest BCUT2D eigenvalue weighted by molar-refractivity contribution is -0.147. The highest BCUT2D eigenvalue weighted by atomic mass is 16.4. The first kappa shape index (κ1) is 24.8. The largest absolute Gasteiger partial charge is 0.507 e. The number of phenolic OH excluding ortho intramolecular Hbond substituents is 3. The monoisotopic (exact) mass is 436 g/mol. The van der Waals surface area contributed by atoms with Gasteiger partial charge in [-0.05, 0) is 76.8 Å². The molecule has 0 aliphatic heterocycles. The van der Waals surface area contributed by atoms with E-state index in [0.29, 0.717) is 49.7 Å². The van der Waals surface area contributed by atoms with Gasteiger partial charge in [-0.25, -0.2) is 0 Å². The molecule has 1 aliphatic carbocycles. The van der Waals surface area contributed by atoms with Gasteiger partial charge in [0.1, 0.15) is 5.75 Å². The molecule has 1 aromatic carbocycles. The number of hydrogen-bond acceptors (Lipinski definition) is 5. The Bertz CT molecular complexity index is 794. The third-order valence-electron chi connectivity index (χ3n) is 6.65. The Morgan fingerprint density at radius 1 is 0.903 bits per heavy atom. The van der Waals surface area contributed by atoms with Gasteiger partial charge in [-0.2, -0.15) is 0 Å². The van der Waals surface area contributed by atoms with Gasteiger partial charge >= 0.3 is 11.9 Å².